The summed E-state index contributed by atoms with van der Waals surface area (Å²) in [6.07, 6.45) is 4.49. The lowest BCUT2D eigenvalue weighted by atomic mass is 10.3. The number of benzene rings is 1. The predicted molar refractivity (Wildman–Crippen MR) is 74.7 cm³/mol. The molecule has 0 atom stereocenters. The minimum Gasteiger partial charge on any atom is -0.322 e. The van der Waals surface area contributed by atoms with E-state index in [1.54, 1.807) is 18.3 Å². The van der Waals surface area contributed by atoms with E-state index in [-0.39, 0.29) is 18.1 Å². The Morgan fingerprint density at radius 3 is 2.90 bits per heavy atom. The Kier molecular flexibility index (Phi) is 5.25. The highest BCUT2D eigenvalue weighted by molar-refractivity contribution is 5.92. The summed E-state index contributed by atoms with van der Waals surface area (Å²) >= 11 is 0. The van der Waals surface area contributed by atoms with Crippen LogP contribution in [0.25, 0.3) is 0 Å². The fourth-order valence-corrected chi connectivity index (χ4v) is 1.76. The van der Waals surface area contributed by atoms with Crippen LogP contribution in [-0.4, -0.2) is 28.8 Å². The highest BCUT2D eigenvalue weighted by Crippen LogP contribution is 2.11. The van der Waals surface area contributed by atoms with Gasteiger partial charge < -0.3 is 10.6 Å². The molecule has 0 spiro atoms. The molecule has 0 aliphatic rings. The Labute approximate surface area is 116 Å². The van der Waals surface area contributed by atoms with E-state index in [0.717, 1.165) is 13.0 Å². The smallest absolute Gasteiger partial charge is 0.238 e. The molecule has 0 radical (unpaired) electrons. The minimum atomic E-state index is -0.431. The summed E-state index contributed by atoms with van der Waals surface area (Å²) in [5.74, 6) is -0.686. The van der Waals surface area contributed by atoms with Crippen molar-refractivity contribution in [2.75, 3.05) is 18.4 Å². The summed E-state index contributed by atoms with van der Waals surface area (Å²) in [4.78, 5) is 11.6. The summed E-state index contributed by atoms with van der Waals surface area (Å²) in [6, 6.07) is 7.97. The second-order valence-electron chi connectivity index (χ2n) is 4.33. The zero-order valence-electron chi connectivity index (χ0n) is 11.1. The van der Waals surface area contributed by atoms with Gasteiger partial charge in [-0.15, -0.1) is 0 Å². The Morgan fingerprint density at radius 1 is 1.30 bits per heavy atom. The Morgan fingerprint density at radius 2 is 2.15 bits per heavy atom. The molecule has 0 unspecified atom stereocenters. The van der Waals surface area contributed by atoms with E-state index in [4.69, 9.17) is 0 Å². The number of nitrogens with zero attached hydrogens (tertiary/aromatic N) is 2. The number of nitrogens with one attached hydrogen (secondary N) is 2. The molecule has 2 N–H and O–H groups in total. The molecule has 1 aromatic carbocycles. The fourth-order valence-electron chi connectivity index (χ4n) is 1.76. The third-order valence-corrected chi connectivity index (χ3v) is 2.73. The van der Waals surface area contributed by atoms with E-state index in [9.17, 15) is 9.18 Å². The van der Waals surface area contributed by atoms with Gasteiger partial charge in [0.2, 0.25) is 5.91 Å². The van der Waals surface area contributed by atoms with Gasteiger partial charge in [0, 0.05) is 18.9 Å². The summed E-state index contributed by atoms with van der Waals surface area (Å²) in [7, 11) is 0. The number of halogens is 1. The number of anilines is 1. The molecule has 1 amide bonds. The van der Waals surface area contributed by atoms with Crippen LogP contribution in [0.3, 0.4) is 0 Å². The summed E-state index contributed by atoms with van der Waals surface area (Å²) in [5, 5.41) is 9.61. The molecule has 0 saturated heterocycles. The van der Waals surface area contributed by atoms with E-state index in [1.807, 2.05) is 16.9 Å². The Hall–Kier alpha value is -2.21. The molecule has 0 fully saturated rings. The van der Waals surface area contributed by atoms with Crippen molar-refractivity contribution < 1.29 is 9.18 Å². The first-order chi connectivity index (χ1) is 9.75. The second kappa shape index (κ2) is 7.40. The average Bonchev–Trinajstić information content (AvgIpc) is 2.94. The van der Waals surface area contributed by atoms with Crippen LogP contribution in [0.5, 0.6) is 0 Å². The van der Waals surface area contributed by atoms with E-state index in [1.165, 1.54) is 12.1 Å². The second-order valence-corrected chi connectivity index (χ2v) is 4.33. The molecule has 1 heterocycles. The third kappa shape index (κ3) is 4.47. The van der Waals surface area contributed by atoms with Crippen LogP contribution < -0.4 is 10.6 Å². The van der Waals surface area contributed by atoms with Crippen molar-refractivity contribution in [1.82, 2.24) is 15.1 Å². The zero-order valence-corrected chi connectivity index (χ0v) is 11.1. The Balaban J connectivity index is 1.62. The molecule has 1 aromatic heterocycles. The highest BCUT2D eigenvalue weighted by atomic mass is 19.1. The largest absolute Gasteiger partial charge is 0.322 e. The highest BCUT2D eigenvalue weighted by Gasteiger charge is 2.05. The molecule has 106 valence electrons. The summed E-state index contributed by atoms with van der Waals surface area (Å²) < 4.78 is 15.1. The van der Waals surface area contributed by atoms with Crippen molar-refractivity contribution in [3.63, 3.8) is 0 Å². The van der Waals surface area contributed by atoms with Crippen molar-refractivity contribution in [3.05, 3.63) is 48.5 Å². The van der Waals surface area contributed by atoms with E-state index < -0.39 is 5.82 Å². The number of hydrogen-bond donors (Lipinski definition) is 2. The molecule has 20 heavy (non-hydrogen) atoms. The molecule has 0 aliphatic heterocycles. The maximum absolute atomic E-state index is 13.3. The minimum absolute atomic E-state index is 0.160. The molecule has 0 aliphatic carbocycles. The number of amides is 1. The predicted octanol–water partition coefficient (Wildman–Crippen LogP) is 1.64. The lowest BCUT2D eigenvalue weighted by molar-refractivity contribution is -0.115. The van der Waals surface area contributed by atoms with Crippen LogP contribution in [0.4, 0.5) is 10.1 Å². The van der Waals surface area contributed by atoms with Gasteiger partial charge in [0.25, 0.3) is 0 Å². The molecular weight excluding hydrogens is 259 g/mol. The van der Waals surface area contributed by atoms with Gasteiger partial charge in [-0.25, -0.2) is 4.39 Å². The number of rotatable bonds is 7. The molecule has 6 heteroatoms. The number of hydrogen-bond acceptors (Lipinski definition) is 3. The van der Waals surface area contributed by atoms with Crippen molar-refractivity contribution in [2.24, 2.45) is 0 Å². The number of aryl methyl sites for hydroxylation is 1. The Bertz CT molecular complexity index is 542. The SMILES string of the molecule is O=C(CNCCCn1cccn1)Nc1ccccc1F. The lowest BCUT2D eigenvalue weighted by Crippen LogP contribution is -2.29. The van der Waals surface area contributed by atoms with Crippen molar-refractivity contribution in [3.8, 4) is 0 Å². The van der Waals surface area contributed by atoms with Gasteiger partial charge in [0.1, 0.15) is 5.82 Å². The number of para-hydroxylation sites is 1. The fraction of sp³-hybridized carbons (Fsp3) is 0.286. The number of carbonyl (C=O) groups is 1. The molecule has 0 saturated carbocycles. The third-order valence-electron chi connectivity index (χ3n) is 2.73. The molecule has 2 aromatic rings. The molecule has 2 rings (SSSR count). The maximum atomic E-state index is 13.3. The first kappa shape index (κ1) is 14.2. The van der Waals surface area contributed by atoms with Crippen LogP contribution in [0.2, 0.25) is 0 Å². The van der Waals surface area contributed by atoms with Gasteiger partial charge in [0.05, 0.1) is 12.2 Å². The number of aromatic nitrogens is 2. The van der Waals surface area contributed by atoms with Crippen molar-refractivity contribution in [2.45, 2.75) is 13.0 Å². The van der Waals surface area contributed by atoms with Crippen LogP contribution in [-0.2, 0) is 11.3 Å². The monoisotopic (exact) mass is 276 g/mol. The molecule has 0 bridgehead atoms. The first-order valence-corrected chi connectivity index (χ1v) is 6.48. The summed E-state index contributed by atoms with van der Waals surface area (Å²) in [5.41, 5.74) is 0.204. The first-order valence-electron chi connectivity index (χ1n) is 6.48. The van der Waals surface area contributed by atoms with Gasteiger partial charge in [-0.05, 0) is 31.2 Å². The van der Waals surface area contributed by atoms with E-state index in [2.05, 4.69) is 15.7 Å². The van der Waals surface area contributed by atoms with Crippen LogP contribution in [0.15, 0.2) is 42.7 Å². The lowest BCUT2D eigenvalue weighted by Gasteiger charge is -2.07. The maximum Gasteiger partial charge on any atom is 0.238 e. The van der Waals surface area contributed by atoms with Crippen LogP contribution in [0.1, 0.15) is 6.42 Å². The average molecular weight is 276 g/mol. The standard InChI is InChI=1S/C14H17FN4O/c15-12-5-1-2-6-13(12)18-14(20)11-16-7-3-9-19-10-4-8-17-19/h1-2,4-6,8,10,16H,3,7,9,11H2,(H,18,20). The molecular formula is C14H17FN4O. The number of carbonyl (C=O) groups excluding carboxylic acids is 1. The van der Waals surface area contributed by atoms with Gasteiger partial charge in [-0.3, -0.25) is 9.48 Å². The quantitative estimate of drug-likeness (QED) is 0.756. The van der Waals surface area contributed by atoms with Crippen LogP contribution >= 0.6 is 0 Å². The normalized spacial score (nSPS) is 10.4. The molecule has 5 nitrogen and oxygen atoms in total. The van der Waals surface area contributed by atoms with Crippen molar-refractivity contribution >= 4 is 11.6 Å². The topological polar surface area (TPSA) is 59.0 Å². The van der Waals surface area contributed by atoms with Gasteiger partial charge in [-0.2, -0.15) is 5.10 Å². The van der Waals surface area contributed by atoms with Gasteiger partial charge >= 0.3 is 0 Å². The van der Waals surface area contributed by atoms with E-state index >= 15 is 0 Å². The van der Waals surface area contributed by atoms with Crippen LogP contribution in [0, 0.1) is 5.82 Å². The van der Waals surface area contributed by atoms with Gasteiger partial charge in [0.15, 0.2) is 0 Å². The summed E-state index contributed by atoms with van der Waals surface area (Å²) in [6.45, 7) is 1.66. The van der Waals surface area contributed by atoms with Gasteiger partial charge in [-0.1, -0.05) is 12.1 Å². The van der Waals surface area contributed by atoms with E-state index in [0.29, 0.717) is 6.54 Å². The van der Waals surface area contributed by atoms with Crippen molar-refractivity contribution in [1.29, 1.82) is 0 Å². The zero-order chi connectivity index (χ0) is 14.2.